The van der Waals surface area contributed by atoms with Gasteiger partial charge in [0.2, 0.25) is 5.90 Å². The maximum absolute atomic E-state index is 14.3. The Morgan fingerprint density at radius 2 is 1.80 bits per heavy atom. The maximum Gasteiger partial charge on any atom is 0.266 e. The SMILES string of the molecule is O=C(NNCc1cc(F)ccc1F)[C@@]1(C/C=C/c2ccccc2)N=C(c2ccc(OCCCO)cc2)O[C@H]1c1ccc(Cl)cc1Cl. The van der Waals surface area contributed by atoms with Gasteiger partial charge in [0.15, 0.2) is 11.6 Å². The van der Waals surface area contributed by atoms with Crippen LogP contribution >= 0.6 is 23.2 Å². The number of nitrogens with zero attached hydrogens (tertiary/aromatic N) is 1. The van der Waals surface area contributed by atoms with E-state index in [9.17, 15) is 13.6 Å². The largest absolute Gasteiger partial charge is 0.494 e. The third-order valence-corrected chi connectivity index (χ3v) is 7.86. The summed E-state index contributed by atoms with van der Waals surface area (Å²) in [5.74, 6) is -1.03. The lowest BCUT2D eigenvalue weighted by atomic mass is 9.84. The average molecular weight is 667 g/mol. The summed E-state index contributed by atoms with van der Waals surface area (Å²) in [5, 5.41) is 9.72. The van der Waals surface area contributed by atoms with E-state index in [0.717, 1.165) is 23.8 Å². The summed E-state index contributed by atoms with van der Waals surface area (Å²) in [5.41, 5.74) is 5.77. The van der Waals surface area contributed by atoms with E-state index in [1.807, 2.05) is 42.5 Å². The predicted octanol–water partition coefficient (Wildman–Crippen LogP) is 7.21. The molecule has 238 valence electrons. The number of halogens is 4. The molecule has 1 aliphatic rings. The minimum absolute atomic E-state index is 0.0201. The Morgan fingerprint density at radius 1 is 1.02 bits per heavy atom. The van der Waals surface area contributed by atoms with Crippen LogP contribution < -0.4 is 15.6 Å². The van der Waals surface area contributed by atoms with Crippen LogP contribution in [-0.4, -0.2) is 35.7 Å². The molecule has 0 bridgehead atoms. The van der Waals surface area contributed by atoms with Gasteiger partial charge in [-0.05, 0) is 60.2 Å². The number of rotatable bonds is 13. The van der Waals surface area contributed by atoms with Crippen molar-refractivity contribution < 1.29 is 28.2 Å². The van der Waals surface area contributed by atoms with Crippen molar-refractivity contribution in [3.63, 3.8) is 0 Å². The third-order valence-electron chi connectivity index (χ3n) is 7.30. The first kappa shape index (κ1) is 33.1. The molecule has 5 rings (SSSR count). The first-order chi connectivity index (χ1) is 22.3. The van der Waals surface area contributed by atoms with Gasteiger partial charge in [-0.2, -0.15) is 0 Å². The van der Waals surface area contributed by atoms with Gasteiger partial charge in [-0.1, -0.05) is 71.8 Å². The van der Waals surface area contributed by atoms with Gasteiger partial charge in [-0.3, -0.25) is 10.2 Å². The van der Waals surface area contributed by atoms with Crippen LogP contribution in [0, 0.1) is 11.6 Å². The molecular weight excluding hydrogens is 635 g/mol. The molecule has 1 heterocycles. The fourth-order valence-electron chi connectivity index (χ4n) is 4.95. The second-order valence-corrected chi connectivity index (χ2v) is 11.4. The zero-order valence-electron chi connectivity index (χ0n) is 24.6. The van der Waals surface area contributed by atoms with E-state index in [1.54, 1.807) is 42.5 Å². The second kappa shape index (κ2) is 15.3. The molecule has 1 aliphatic heterocycles. The lowest BCUT2D eigenvalue weighted by Gasteiger charge is -2.30. The monoisotopic (exact) mass is 665 g/mol. The topological polar surface area (TPSA) is 92.2 Å². The average Bonchev–Trinajstić information content (AvgIpc) is 3.44. The summed E-state index contributed by atoms with van der Waals surface area (Å²) in [6, 6.07) is 24.5. The second-order valence-electron chi connectivity index (χ2n) is 10.5. The molecule has 0 aliphatic carbocycles. The Kier molecular flexibility index (Phi) is 11.0. The molecule has 7 nitrogen and oxygen atoms in total. The Hall–Kier alpha value is -4.28. The van der Waals surface area contributed by atoms with Crippen molar-refractivity contribution in [2.75, 3.05) is 13.2 Å². The molecular formula is C35H31Cl2F2N3O4. The molecule has 0 fully saturated rings. The fraction of sp³-hybridized carbons (Fsp3) is 0.200. The van der Waals surface area contributed by atoms with E-state index in [4.69, 9.17) is 42.8 Å². The van der Waals surface area contributed by atoms with Gasteiger partial charge in [-0.15, -0.1) is 0 Å². The van der Waals surface area contributed by atoms with Crippen molar-refractivity contribution in [1.82, 2.24) is 10.9 Å². The lowest BCUT2D eigenvalue weighted by Crippen LogP contribution is -2.52. The number of ether oxygens (including phenoxy) is 2. The van der Waals surface area contributed by atoms with Gasteiger partial charge >= 0.3 is 0 Å². The molecule has 0 unspecified atom stereocenters. The Morgan fingerprint density at radius 3 is 2.54 bits per heavy atom. The van der Waals surface area contributed by atoms with E-state index in [-0.39, 0.29) is 36.1 Å². The zero-order valence-corrected chi connectivity index (χ0v) is 26.1. The van der Waals surface area contributed by atoms with Gasteiger partial charge in [0.1, 0.15) is 17.4 Å². The van der Waals surface area contributed by atoms with Crippen LogP contribution in [0.15, 0.2) is 102 Å². The van der Waals surface area contributed by atoms with Crippen LogP contribution in [0.4, 0.5) is 8.78 Å². The highest BCUT2D eigenvalue weighted by atomic mass is 35.5. The quantitative estimate of drug-likeness (QED) is 0.104. The lowest BCUT2D eigenvalue weighted by molar-refractivity contribution is -0.129. The molecule has 46 heavy (non-hydrogen) atoms. The van der Waals surface area contributed by atoms with E-state index in [0.29, 0.717) is 34.9 Å². The van der Waals surface area contributed by atoms with Gasteiger partial charge in [0, 0.05) is 52.7 Å². The van der Waals surface area contributed by atoms with Crippen LogP contribution in [0.3, 0.4) is 0 Å². The maximum atomic E-state index is 14.3. The van der Waals surface area contributed by atoms with E-state index >= 15 is 0 Å². The Balaban J connectivity index is 1.52. The standard InChI is InChI=1S/C35H31Cl2F2N3O4/c36-26-11-15-29(30(37)21-26)32-35(17-4-8-23-6-2-1-3-7-23,34(44)42-40-22-25-20-27(38)12-16-31(25)39)41-33(46-32)24-9-13-28(14-10-24)45-19-5-18-43/h1-4,6-16,20-21,32,40,43H,5,17-19,22H2,(H,42,44)/b8-4+/t32-,35-/m0/s1. The van der Waals surface area contributed by atoms with E-state index in [2.05, 4.69) is 10.9 Å². The smallest absolute Gasteiger partial charge is 0.266 e. The molecule has 4 aromatic carbocycles. The van der Waals surface area contributed by atoms with Crippen molar-refractivity contribution in [2.45, 2.75) is 31.0 Å². The summed E-state index contributed by atoms with van der Waals surface area (Å²) >= 11 is 12.9. The van der Waals surface area contributed by atoms with Crippen molar-refractivity contribution >= 4 is 41.1 Å². The first-order valence-corrected chi connectivity index (χ1v) is 15.3. The summed E-state index contributed by atoms with van der Waals surface area (Å²) in [4.78, 5) is 19.1. The number of benzene rings is 4. The summed E-state index contributed by atoms with van der Waals surface area (Å²) < 4.78 is 40.2. The third kappa shape index (κ3) is 7.92. The number of hydrazine groups is 1. The Labute approximate surface area is 275 Å². The molecule has 0 aromatic heterocycles. The van der Waals surface area contributed by atoms with Crippen molar-refractivity contribution in [2.24, 2.45) is 4.99 Å². The molecule has 0 spiro atoms. The molecule has 0 saturated heterocycles. The number of amides is 1. The number of hydrogen-bond acceptors (Lipinski definition) is 6. The summed E-state index contributed by atoms with van der Waals surface area (Å²) in [7, 11) is 0. The highest BCUT2D eigenvalue weighted by Crippen LogP contribution is 2.45. The molecule has 2 atom stereocenters. The number of nitrogens with one attached hydrogen (secondary N) is 2. The van der Waals surface area contributed by atoms with Crippen LogP contribution in [0.25, 0.3) is 6.08 Å². The molecule has 1 amide bonds. The molecule has 4 aromatic rings. The van der Waals surface area contributed by atoms with Crippen LogP contribution in [0.5, 0.6) is 5.75 Å². The van der Waals surface area contributed by atoms with Crippen LogP contribution in [0.2, 0.25) is 10.0 Å². The number of hydrogen-bond donors (Lipinski definition) is 3. The molecule has 11 heteroatoms. The van der Waals surface area contributed by atoms with Gasteiger partial charge < -0.3 is 14.6 Å². The number of aliphatic imine (C=N–C) groups is 1. The normalized spacial score (nSPS) is 17.5. The van der Waals surface area contributed by atoms with Gasteiger partial charge in [-0.25, -0.2) is 19.2 Å². The van der Waals surface area contributed by atoms with Crippen LogP contribution in [0.1, 0.15) is 41.2 Å². The molecule has 3 N–H and O–H groups in total. The first-order valence-electron chi connectivity index (χ1n) is 14.5. The van der Waals surface area contributed by atoms with E-state index in [1.165, 1.54) is 0 Å². The number of carbonyl (C=O) groups is 1. The minimum Gasteiger partial charge on any atom is -0.494 e. The number of aliphatic hydroxyl groups is 1. The van der Waals surface area contributed by atoms with Crippen molar-refractivity contribution in [1.29, 1.82) is 0 Å². The highest BCUT2D eigenvalue weighted by molar-refractivity contribution is 6.35. The molecule has 0 radical (unpaired) electrons. The highest BCUT2D eigenvalue weighted by Gasteiger charge is 2.53. The Bertz CT molecular complexity index is 1720. The number of carbonyl (C=O) groups excluding carboxylic acids is 1. The summed E-state index contributed by atoms with van der Waals surface area (Å²) in [6.45, 7) is 0.188. The van der Waals surface area contributed by atoms with Gasteiger partial charge in [0.05, 0.1) is 6.61 Å². The van der Waals surface area contributed by atoms with Crippen molar-refractivity contribution in [3.05, 3.63) is 141 Å². The predicted molar refractivity (Wildman–Crippen MR) is 175 cm³/mol. The van der Waals surface area contributed by atoms with Crippen molar-refractivity contribution in [3.8, 4) is 5.75 Å². The zero-order chi connectivity index (χ0) is 32.5. The van der Waals surface area contributed by atoms with Crippen LogP contribution in [-0.2, 0) is 16.1 Å². The molecule has 0 saturated carbocycles. The van der Waals surface area contributed by atoms with Gasteiger partial charge in [0.25, 0.3) is 5.91 Å². The number of aliphatic hydroxyl groups excluding tert-OH is 1. The summed E-state index contributed by atoms with van der Waals surface area (Å²) in [6.07, 6.45) is 3.28. The minimum atomic E-state index is -1.60. The fourth-order valence-corrected chi connectivity index (χ4v) is 5.46. The van der Waals surface area contributed by atoms with E-state index < -0.39 is 29.2 Å².